The van der Waals surface area contributed by atoms with Gasteiger partial charge in [-0.3, -0.25) is 0 Å². The van der Waals surface area contributed by atoms with Crippen molar-refractivity contribution in [3.63, 3.8) is 0 Å². The Balaban J connectivity index is 0.00000288. The Labute approximate surface area is 151 Å². The molecule has 0 aromatic heterocycles. The van der Waals surface area contributed by atoms with Gasteiger partial charge in [0.25, 0.3) is 0 Å². The second-order valence-electron chi connectivity index (χ2n) is 6.76. The normalized spacial score (nSPS) is 22.8. The molecule has 2 aliphatic heterocycles. The first-order valence-corrected chi connectivity index (χ1v) is 8.89. The average Bonchev–Trinajstić information content (AvgIpc) is 2.57. The molecule has 0 aliphatic carbocycles. The predicted molar refractivity (Wildman–Crippen MR) is 86.1 cm³/mol. The van der Waals surface area contributed by atoms with E-state index in [0.29, 0.717) is 0 Å². The van der Waals surface area contributed by atoms with Gasteiger partial charge >= 0.3 is 0 Å². The Morgan fingerprint density at radius 1 is 0.667 bits per heavy atom. The van der Waals surface area contributed by atoms with E-state index >= 15 is 0 Å². The summed E-state index contributed by atoms with van der Waals surface area (Å²) in [6, 6.07) is 0. The summed E-state index contributed by atoms with van der Waals surface area (Å²) in [7, 11) is 0. The van der Waals surface area contributed by atoms with Gasteiger partial charge in [-0.1, -0.05) is 0 Å². The van der Waals surface area contributed by atoms with Gasteiger partial charge in [0.2, 0.25) is 0 Å². The molecule has 24 heavy (non-hydrogen) atoms. The van der Waals surface area contributed by atoms with E-state index in [9.17, 15) is 10.2 Å². The number of halogens is 1. The number of ether oxygens (including phenoxy) is 3. The fraction of sp³-hybridized carbons (Fsp3) is 1.00. The summed E-state index contributed by atoms with van der Waals surface area (Å²) in [5.74, 6) is 0. The second kappa shape index (κ2) is 11.6. The monoisotopic (exact) mass is 369 g/mol. The van der Waals surface area contributed by atoms with E-state index in [4.69, 9.17) is 14.2 Å². The number of morpholine rings is 2. The number of nitrogens with zero attached hydrogens (tertiary/aromatic N) is 2. The molecule has 2 N–H and O–H groups in total. The van der Waals surface area contributed by atoms with E-state index in [1.54, 1.807) is 0 Å². The van der Waals surface area contributed by atoms with E-state index < -0.39 is 0 Å². The van der Waals surface area contributed by atoms with Crippen LogP contribution in [0.15, 0.2) is 0 Å². The van der Waals surface area contributed by atoms with Crippen LogP contribution in [0.2, 0.25) is 0 Å². The predicted octanol–water partition coefficient (Wildman–Crippen LogP) is -4.31. The highest BCUT2D eigenvalue weighted by atomic mass is 35.5. The number of aliphatic hydroxyl groups excluding tert-OH is 2. The molecular weight excluding hydrogens is 336 g/mol. The summed E-state index contributed by atoms with van der Waals surface area (Å²) in [5, 5.41) is 18.6. The van der Waals surface area contributed by atoms with E-state index in [1.807, 2.05) is 0 Å². The molecule has 0 unspecified atom stereocenters. The van der Waals surface area contributed by atoms with Crippen LogP contribution in [-0.2, 0) is 14.2 Å². The van der Waals surface area contributed by atoms with Crippen molar-refractivity contribution in [2.45, 2.75) is 0 Å². The van der Waals surface area contributed by atoms with Crippen LogP contribution in [0.25, 0.3) is 0 Å². The molecule has 0 bridgehead atoms. The van der Waals surface area contributed by atoms with Crippen molar-refractivity contribution in [1.29, 1.82) is 0 Å². The van der Waals surface area contributed by atoms with Crippen molar-refractivity contribution < 1.29 is 45.8 Å². The number of aliphatic hydroxyl groups is 2. The lowest BCUT2D eigenvalue weighted by Crippen LogP contribution is -3.00. The third kappa shape index (κ3) is 6.72. The van der Waals surface area contributed by atoms with E-state index in [-0.39, 0.29) is 25.6 Å². The van der Waals surface area contributed by atoms with Gasteiger partial charge in [-0.05, 0) is 0 Å². The Bertz CT molecular complexity index is 283. The Morgan fingerprint density at radius 3 is 1.38 bits per heavy atom. The Hall–Kier alpha value is 0.01000. The van der Waals surface area contributed by atoms with Crippen molar-refractivity contribution in [3.8, 4) is 0 Å². The summed E-state index contributed by atoms with van der Waals surface area (Å²) in [4.78, 5) is 0. The molecule has 0 amide bonds. The van der Waals surface area contributed by atoms with Crippen molar-refractivity contribution in [2.24, 2.45) is 0 Å². The Kier molecular flexibility index (Phi) is 10.7. The van der Waals surface area contributed by atoms with Crippen molar-refractivity contribution >= 4 is 0 Å². The van der Waals surface area contributed by atoms with E-state index in [2.05, 4.69) is 0 Å². The highest BCUT2D eigenvalue weighted by molar-refractivity contribution is 4.53. The van der Waals surface area contributed by atoms with Crippen LogP contribution in [0.3, 0.4) is 0 Å². The summed E-state index contributed by atoms with van der Waals surface area (Å²) >= 11 is 0. The maximum absolute atomic E-state index is 9.31. The maximum Gasteiger partial charge on any atom is 0.103 e. The molecule has 0 aromatic rings. The van der Waals surface area contributed by atoms with E-state index in [1.165, 1.54) is 0 Å². The molecular formula is C16H34ClN2O5+. The first kappa shape index (κ1) is 22.1. The van der Waals surface area contributed by atoms with Crippen molar-refractivity contribution in [3.05, 3.63) is 0 Å². The lowest BCUT2D eigenvalue weighted by molar-refractivity contribution is -0.938. The topological polar surface area (TPSA) is 68.2 Å². The summed E-state index contributed by atoms with van der Waals surface area (Å²) < 4.78 is 18.6. The van der Waals surface area contributed by atoms with Crippen LogP contribution in [-0.4, -0.2) is 124 Å². The minimum Gasteiger partial charge on any atom is -1.00 e. The van der Waals surface area contributed by atoms with Gasteiger partial charge in [0.1, 0.15) is 52.4 Å². The average molecular weight is 370 g/mol. The molecule has 2 aliphatic rings. The van der Waals surface area contributed by atoms with Gasteiger partial charge in [-0.2, -0.15) is 0 Å². The molecule has 0 aromatic carbocycles. The summed E-state index contributed by atoms with van der Waals surface area (Å²) in [6.07, 6.45) is 0. The highest BCUT2D eigenvalue weighted by Gasteiger charge is 2.31. The molecule has 144 valence electrons. The highest BCUT2D eigenvalue weighted by Crippen LogP contribution is 2.12. The minimum absolute atomic E-state index is 0. The fourth-order valence-corrected chi connectivity index (χ4v) is 3.62. The Morgan fingerprint density at radius 2 is 1.04 bits per heavy atom. The zero-order valence-electron chi connectivity index (χ0n) is 14.7. The first-order chi connectivity index (χ1) is 11.2. The molecule has 2 rings (SSSR count). The molecule has 0 atom stereocenters. The second-order valence-corrected chi connectivity index (χ2v) is 6.76. The molecule has 0 spiro atoms. The van der Waals surface area contributed by atoms with Gasteiger partial charge in [0.15, 0.2) is 0 Å². The van der Waals surface area contributed by atoms with Crippen molar-refractivity contribution in [1.82, 2.24) is 0 Å². The molecule has 8 heteroatoms. The van der Waals surface area contributed by atoms with Crippen LogP contribution in [0.1, 0.15) is 0 Å². The van der Waals surface area contributed by atoms with Crippen LogP contribution >= 0.6 is 0 Å². The van der Waals surface area contributed by atoms with Crippen LogP contribution in [0, 0.1) is 0 Å². The fourth-order valence-electron chi connectivity index (χ4n) is 3.62. The smallest absolute Gasteiger partial charge is 0.103 e. The van der Waals surface area contributed by atoms with Crippen LogP contribution in [0.5, 0.6) is 0 Å². The van der Waals surface area contributed by atoms with Crippen LogP contribution < -0.4 is 12.4 Å². The lowest BCUT2D eigenvalue weighted by Gasteiger charge is -2.42. The number of quaternary nitrogens is 2. The van der Waals surface area contributed by atoms with Gasteiger partial charge in [0.05, 0.1) is 52.9 Å². The zero-order chi connectivity index (χ0) is 16.4. The molecule has 2 fully saturated rings. The molecule has 0 saturated carbocycles. The first-order valence-electron chi connectivity index (χ1n) is 8.89. The summed E-state index contributed by atoms with van der Waals surface area (Å²) in [6.45, 7) is 12.3. The standard InChI is InChI=1S/C16H34N2O5.ClH/c19-9-1-17(3-11-21-12-4-17)7-15-23-16-8-18(2-10-20)5-13-22-14-6-18;/h19-20H,1-16H2;1H/q+2;/p-1. The maximum atomic E-state index is 9.31. The summed E-state index contributed by atoms with van der Waals surface area (Å²) in [5.41, 5.74) is 0. The minimum atomic E-state index is 0. The molecule has 7 nitrogen and oxygen atoms in total. The SMILES string of the molecule is OCC[N+]1(CCOCC[N+]2(CCO)CCOCC2)CCOCC1.[Cl-]. The zero-order valence-corrected chi connectivity index (χ0v) is 15.5. The molecule has 0 radical (unpaired) electrons. The third-order valence-electron chi connectivity index (χ3n) is 5.41. The van der Waals surface area contributed by atoms with Gasteiger partial charge in [-0.15, -0.1) is 0 Å². The number of hydrogen-bond donors (Lipinski definition) is 2. The van der Waals surface area contributed by atoms with E-state index in [0.717, 1.165) is 101 Å². The number of hydrogen-bond acceptors (Lipinski definition) is 5. The molecule has 2 heterocycles. The van der Waals surface area contributed by atoms with Crippen LogP contribution in [0.4, 0.5) is 0 Å². The molecule has 2 saturated heterocycles. The third-order valence-corrected chi connectivity index (χ3v) is 5.41. The quantitative estimate of drug-likeness (QED) is 0.301. The van der Waals surface area contributed by atoms with Gasteiger partial charge in [-0.25, -0.2) is 0 Å². The van der Waals surface area contributed by atoms with Crippen molar-refractivity contribution in [2.75, 3.05) is 105 Å². The largest absolute Gasteiger partial charge is 1.00 e. The lowest BCUT2D eigenvalue weighted by atomic mass is 10.3. The van der Waals surface area contributed by atoms with Gasteiger partial charge in [0, 0.05) is 0 Å². The van der Waals surface area contributed by atoms with Gasteiger partial charge < -0.3 is 45.8 Å². The number of rotatable bonds is 10.